The molecule has 6 heteroatoms. The summed E-state index contributed by atoms with van der Waals surface area (Å²) in [6.07, 6.45) is 4.52. The monoisotopic (exact) mass is 371 g/mol. The Bertz CT molecular complexity index is 836. The number of carbonyl (C=O) groups excluding carboxylic acids is 1. The maximum absolute atomic E-state index is 13.0. The number of aryl methyl sites for hydroxylation is 1. The van der Waals surface area contributed by atoms with E-state index < -0.39 is 0 Å². The van der Waals surface area contributed by atoms with Gasteiger partial charge in [0.15, 0.2) is 0 Å². The zero-order chi connectivity index (χ0) is 19.2. The summed E-state index contributed by atoms with van der Waals surface area (Å²) in [7, 11) is 1.95. The number of aromatic nitrogens is 2. The number of imidazole rings is 1. The molecule has 146 valence electrons. The number of hydrogen-bond acceptors (Lipinski definition) is 4. The van der Waals surface area contributed by atoms with Crippen molar-refractivity contribution in [2.24, 2.45) is 13.0 Å². The standard InChI is InChI=1S/C21H29N3O3/c1-14(2)19-11-16(25)12-21(27-19)6-8-24(9-7-21)20(26)15-4-5-18-17(10-15)22-13-23(18)3/h4-5,10,13-14,16,19,25H,6-9,11-12H2,1-3H3/t16-,19-/m1/s1. The van der Waals surface area contributed by atoms with Gasteiger partial charge in [-0.3, -0.25) is 4.79 Å². The molecular formula is C21H29N3O3. The highest BCUT2D eigenvalue weighted by molar-refractivity contribution is 5.97. The number of rotatable bonds is 2. The number of amides is 1. The summed E-state index contributed by atoms with van der Waals surface area (Å²) in [4.78, 5) is 19.2. The Labute approximate surface area is 160 Å². The molecule has 2 saturated heterocycles. The van der Waals surface area contributed by atoms with Gasteiger partial charge in [0.25, 0.3) is 5.91 Å². The number of fused-ring (bicyclic) bond motifs is 1. The van der Waals surface area contributed by atoms with E-state index in [1.807, 2.05) is 34.7 Å². The van der Waals surface area contributed by atoms with Crippen LogP contribution in [0.4, 0.5) is 0 Å². The molecule has 2 aliphatic heterocycles. The van der Waals surface area contributed by atoms with Gasteiger partial charge in [0, 0.05) is 32.1 Å². The molecule has 0 saturated carbocycles. The van der Waals surface area contributed by atoms with Crippen LogP contribution in [0, 0.1) is 5.92 Å². The van der Waals surface area contributed by atoms with Crippen LogP contribution in [0.2, 0.25) is 0 Å². The molecule has 2 aromatic rings. The third-order valence-electron chi connectivity index (χ3n) is 6.19. The van der Waals surface area contributed by atoms with Gasteiger partial charge in [-0.05, 0) is 43.4 Å². The van der Waals surface area contributed by atoms with Crippen LogP contribution < -0.4 is 0 Å². The lowest BCUT2D eigenvalue weighted by Crippen LogP contribution is -2.54. The van der Waals surface area contributed by atoms with Crippen LogP contribution in [0.1, 0.15) is 49.9 Å². The number of ether oxygens (including phenoxy) is 1. The maximum Gasteiger partial charge on any atom is 0.253 e. The van der Waals surface area contributed by atoms with Gasteiger partial charge in [-0.1, -0.05) is 13.8 Å². The highest BCUT2D eigenvalue weighted by Crippen LogP contribution is 2.39. The van der Waals surface area contributed by atoms with Crippen LogP contribution in [0.5, 0.6) is 0 Å². The molecule has 0 bridgehead atoms. The molecule has 27 heavy (non-hydrogen) atoms. The molecule has 0 aliphatic carbocycles. The summed E-state index contributed by atoms with van der Waals surface area (Å²) in [6, 6.07) is 5.71. The van der Waals surface area contributed by atoms with Gasteiger partial charge in [0.05, 0.1) is 35.2 Å². The molecule has 1 N–H and O–H groups in total. The molecule has 0 unspecified atom stereocenters. The number of nitrogens with zero attached hydrogens (tertiary/aromatic N) is 3. The van der Waals surface area contributed by atoms with E-state index in [9.17, 15) is 9.90 Å². The van der Waals surface area contributed by atoms with Crippen molar-refractivity contribution in [3.63, 3.8) is 0 Å². The van der Waals surface area contributed by atoms with E-state index >= 15 is 0 Å². The summed E-state index contributed by atoms with van der Waals surface area (Å²) in [6.45, 7) is 5.61. The largest absolute Gasteiger partial charge is 0.393 e. The van der Waals surface area contributed by atoms with E-state index in [0.29, 0.717) is 37.4 Å². The topological polar surface area (TPSA) is 67.6 Å². The van der Waals surface area contributed by atoms with Crippen molar-refractivity contribution in [1.29, 1.82) is 0 Å². The number of hydrogen-bond donors (Lipinski definition) is 1. The number of aliphatic hydroxyl groups is 1. The fourth-order valence-electron chi connectivity index (χ4n) is 4.50. The smallest absolute Gasteiger partial charge is 0.253 e. The van der Waals surface area contributed by atoms with Crippen molar-refractivity contribution in [1.82, 2.24) is 14.5 Å². The zero-order valence-corrected chi connectivity index (χ0v) is 16.4. The molecular weight excluding hydrogens is 342 g/mol. The normalized spacial score (nSPS) is 25.4. The van der Waals surface area contributed by atoms with Crippen LogP contribution in [-0.4, -0.2) is 56.4 Å². The first-order valence-electron chi connectivity index (χ1n) is 9.93. The minimum absolute atomic E-state index is 0.0502. The first-order valence-corrected chi connectivity index (χ1v) is 9.93. The lowest BCUT2D eigenvalue weighted by Gasteiger charge is -2.48. The molecule has 1 amide bonds. The molecule has 0 radical (unpaired) electrons. The van der Waals surface area contributed by atoms with Crippen LogP contribution in [-0.2, 0) is 11.8 Å². The molecule has 1 spiro atoms. The quantitative estimate of drug-likeness (QED) is 0.881. The number of piperidine rings is 1. The summed E-state index contributed by atoms with van der Waals surface area (Å²) >= 11 is 0. The minimum atomic E-state index is -0.306. The van der Waals surface area contributed by atoms with Gasteiger partial charge >= 0.3 is 0 Å². The Hall–Kier alpha value is -1.92. The lowest BCUT2D eigenvalue weighted by atomic mass is 9.80. The Morgan fingerprint density at radius 2 is 2.07 bits per heavy atom. The van der Waals surface area contributed by atoms with Crippen molar-refractivity contribution >= 4 is 16.9 Å². The Balaban J connectivity index is 1.45. The van der Waals surface area contributed by atoms with E-state index in [-0.39, 0.29) is 23.7 Å². The Morgan fingerprint density at radius 1 is 1.33 bits per heavy atom. The molecule has 1 aromatic heterocycles. The molecule has 2 fully saturated rings. The fourth-order valence-corrected chi connectivity index (χ4v) is 4.50. The Kier molecular flexibility index (Phi) is 4.72. The third-order valence-corrected chi connectivity index (χ3v) is 6.19. The second-order valence-electron chi connectivity index (χ2n) is 8.53. The average molecular weight is 371 g/mol. The predicted octanol–water partition coefficient (Wildman–Crippen LogP) is 2.74. The van der Waals surface area contributed by atoms with Gasteiger partial charge in [0.2, 0.25) is 0 Å². The first kappa shape index (κ1) is 18.4. The third kappa shape index (κ3) is 3.48. The number of aliphatic hydroxyl groups excluding tert-OH is 1. The van der Waals surface area contributed by atoms with Crippen LogP contribution in [0.25, 0.3) is 11.0 Å². The van der Waals surface area contributed by atoms with Gasteiger partial charge < -0.3 is 19.3 Å². The SMILES string of the molecule is CC(C)[C@H]1C[C@@H](O)CC2(CCN(C(=O)c3ccc4c(c3)ncn4C)CC2)O1. The van der Waals surface area contributed by atoms with E-state index in [1.54, 1.807) is 6.33 Å². The lowest BCUT2D eigenvalue weighted by molar-refractivity contribution is -0.190. The average Bonchev–Trinajstić information content (AvgIpc) is 3.01. The van der Waals surface area contributed by atoms with E-state index in [2.05, 4.69) is 18.8 Å². The fraction of sp³-hybridized carbons (Fsp3) is 0.619. The van der Waals surface area contributed by atoms with E-state index in [1.165, 1.54) is 0 Å². The molecule has 2 atom stereocenters. The van der Waals surface area contributed by atoms with Gasteiger partial charge in [-0.15, -0.1) is 0 Å². The van der Waals surface area contributed by atoms with Crippen LogP contribution >= 0.6 is 0 Å². The molecule has 3 heterocycles. The minimum Gasteiger partial charge on any atom is -0.393 e. The van der Waals surface area contributed by atoms with Crippen molar-refractivity contribution in [3.8, 4) is 0 Å². The van der Waals surface area contributed by atoms with Crippen molar-refractivity contribution in [2.75, 3.05) is 13.1 Å². The van der Waals surface area contributed by atoms with E-state index in [4.69, 9.17) is 4.74 Å². The Morgan fingerprint density at radius 3 is 2.78 bits per heavy atom. The molecule has 1 aromatic carbocycles. The van der Waals surface area contributed by atoms with Gasteiger partial charge in [-0.2, -0.15) is 0 Å². The van der Waals surface area contributed by atoms with Crippen molar-refractivity contribution in [2.45, 2.75) is 57.3 Å². The molecule has 2 aliphatic rings. The van der Waals surface area contributed by atoms with E-state index in [0.717, 1.165) is 23.9 Å². The maximum atomic E-state index is 13.0. The van der Waals surface area contributed by atoms with Gasteiger partial charge in [0.1, 0.15) is 0 Å². The second-order valence-corrected chi connectivity index (χ2v) is 8.53. The number of carbonyl (C=O) groups is 1. The van der Waals surface area contributed by atoms with Crippen molar-refractivity contribution in [3.05, 3.63) is 30.1 Å². The molecule has 4 rings (SSSR count). The number of likely N-dealkylation sites (tertiary alicyclic amines) is 1. The highest BCUT2D eigenvalue weighted by atomic mass is 16.5. The second kappa shape index (κ2) is 6.91. The predicted molar refractivity (Wildman–Crippen MR) is 104 cm³/mol. The van der Waals surface area contributed by atoms with Crippen LogP contribution in [0.15, 0.2) is 24.5 Å². The summed E-state index contributed by atoms with van der Waals surface area (Å²) < 4.78 is 8.38. The first-order chi connectivity index (χ1) is 12.9. The zero-order valence-electron chi connectivity index (χ0n) is 16.4. The summed E-state index contributed by atoms with van der Waals surface area (Å²) in [5, 5.41) is 10.3. The summed E-state index contributed by atoms with van der Waals surface area (Å²) in [5.74, 6) is 0.441. The number of benzene rings is 1. The highest BCUT2D eigenvalue weighted by Gasteiger charge is 2.44. The van der Waals surface area contributed by atoms with Crippen LogP contribution in [0.3, 0.4) is 0 Å². The summed E-state index contributed by atoms with van der Waals surface area (Å²) in [5.41, 5.74) is 2.26. The van der Waals surface area contributed by atoms with Crippen molar-refractivity contribution < 1.29 is 14.6 Å². The molecule has 6 nitrogen and oxygen atoms in total. The van der Waals surface area contributed by atoms with Gasteiger partial charge in [-0.25, -0.2) is 4.98 Å².